The smallest absolute Gasteiger partial charge is 0.130 e. The Hall–Kier alpha value is -1.57. The first kappa shape index (κ1) is 15.8. The summed E-state index contributed by atoms with van der Waals surface area (Å²) in [6, 6.07) is 9.02. The van der Waals surface area contributed by atoms with Crippen LogP contribution in [-0.4, -0.2) is 11.5 Å². The van der Waals surface area contributed by atoms with Crippen molar-refractivity contribution in [3.63, 3.8) is 0 Å². The van der Waals surface area contributed by atoms with Crippen LogP contribution in [0.25, 0.3) is 10.9 Å². The number of benzene rings is 1. The molecule has 114 valence electrons. The van der Waals surface area contributed by atoms with Crippen molar-refractivity contribution < 1.29 is 0 Å². The maximum absolute atomic E-state index is 4.85. The predicted octanol–water partition coefficient (Wildman–Crippen LogP) is 5.69. The van der Waals surface area contributed by atoms with Gasteiger partial charge in [-0.15, -0.1) is 0 Å². The van der Waals surface area contributed by atoms with Crippen LogP contribution in [0.5, 0.6) is 0 Å². The van der Waals surface area contributed by atoms with Crippen LogP contribution >= 0.6 is 0 Å². The number of aromatic nitrogens is 1. The maximum atomic E-state index is 4.85. The molecule has 0 saturated carbocycles. The average Bonchev–Trinajstić information content (AvgIpc) is 2.50. The van der Waals surface area contributed by atoms with Gasteiger partial charge in [-0.25, -0.2) is 4.98 Å². The number of rotatable bonds is 6. The Morgan fingerprint density at radius 2 is 1.86 bits per heavy atom. The molecule has 1 atom stereocenters. The van der Waals surface area contributed by atoms with Gasteiger partial charge in [0.05, 0.1) is 5.52 Å². The molecule has 2 aromatic rings. The quantitative estimate of drug-likeness (QED) is 0.736. The van der Waals surface area contributed by atoms with Crippen LogP contribution in [0.2, 0.25) is 0 Å². The van der Waals surface area contributed by atoms with E-state index in [1.165, 1.54) is 22.9 Å². The van der Waals surface area contributed by atoms with Gasteiger partial charge in [-0.3, -0.25) is 0 Å². The second-order valence-corrected chi connectivity index (χ2v) is 6.27. The molecule has 0 fully saturated rings. The van der Waals surface area contributed by atoms with Crippen LogP contribution in [0.3, 0.4) is 0 Å². The summed E-state index contributed by atoms with van der Waals surface area (Å²) in [5, 5.41) is 4.74. The molecule has 0 saturated heterocycles. The van der Waals surface area contributed by atoms with E-state index >= 15 is 0 Å². The summed E-state index contributed by atoms with van der Waals surface area (Å²) < 4.78 is 0. The van der Waals surface area contributed by atoms with E-state index in [2.05, 4.69) is 64.2 Å². The van der Waals surface area contributed by atoms with E-state index < -0.39 is 0 Å². The fourth-order valence-corrected chi connectivity index (χ4v) is 2.58. The van der Waals surface area contributed by atoms with Gasteiger partial charge in [0.15, 0.2) is 0 Å². The Morgan fingerprint density at radius 1 is 1.10 bits per heavy atom. The van der Waals surface area contributed by atoms with Crippen molar-refractivity contribution >= 4 is 16.7 Å². The Balaban J connectivity index is 2.49. The van der Waals surface area contributed by atoms with Crippen LogP contribution < -0.4 is 5.32 Å². The van der Waals surface area contributed by atoms with Gasteiger partial charge in [-0.2, -0.15) is 0 Å². The van der Waals surface area contributed by atoms with Crippen LogP contribution in [-0.2, 0) is 0 Å². The van der Waals surface area contributed by atoms with E-state index in [1.54, 1.807) is 0 Å². The van der Waals surface area contributed by atoms with Crippen molar-refractivity contribution in [1.82, 2.24) is 4.98 Å². The highest BCUT2D eigenvalue weighted by molar-refractivity contribution is 5.82. The van der Waals surface area contributed by atoms with E-state index in [9.17, 15) is 0 Å². The van der Waals surface area contributed by atoms with Crippen molar-refractivity contribution in [2.24, 2.45) is 0 Å². The molecule has 0 amide bonds. The molecule has 1 aromatic heterocycles. The first-order chi connectivity index (χ1) is 10.1. The minimum Gasteiger partial charge on any atom is -0.370 e. The Bertz CT molecular complexity index is 602. The molecule has 0 radical (unpaired) electrons. The molecule has 0 spiro atoms. The maximum Gasteiger partial charge on any atom is 0.130 e. The van der Waals surface area contributed by atoms with E-state index in [1.807, 2.05) is 0 Å². The molecule has 0 aliphatic heterocycles. The number of anilines is 1. The first-order valence-corrected chi connectivity index (χ1v) is 8.25. The SMILES string of the molecule is CCCNc1nc2ccc(C(C)CC)cc2cc1C(C)C. The summed E-state index contributed by atoms with van der Waals surface area (Å²) in [7, 11) is 0. The molecule has 1 aromatic carbocycles. The Kier molecular flexibility index (Phi) is 5.22. The predicted molar refractivity (Wildman–Crippen MR) is 93.3 cm³/mol. The zero-order valence-corrected chi connectivity index (χ0v) is 14.0. The van der Waals surface area contributed by atoms with E-state index in [4.69, 9.17) is 4.98 Å². The Labute approximate surface area is 129 Å². The minimum absolute atomic E-state index is 0.480. The van der Waals surface area contributed by atoms with E-state index in [-0.39, 0.29) is 0 Å². The lowest BCUT2D eigenvalue weighted by Gasteiger charge is -2.16. The zero-order chi connectivity index (χ0) is 15.4. The lowest BCUT2D eigenvalue weighted by molar-refractivity contribution is 0.734. The number of nitrogens with zero attached hydrogens (tertiary/aromatic N) is 1. The largest absolute Gasteiger partial charge is 0.370 e. The molecule has 1 N–H and O–H groups in total. The number of hydrogen-bond donors (Lipinski definition) is 1. The molecule has 2 nitrogen and oxygen atoms in total. The topological polar surface area (TPSA) is 24.9 Å². The standard InChI is InChI=1S/C19H28N2/c1-6-10-20-19-17(13(3)4)12-16-11-15(14(5)7-2)8-9-18(16)21-19/h8-9,11-14H,6-7,10H2,1-5H3,(H,20,21). The van der Waals surface area contributed by atoms with Crippen LogP contribution in [0.1, 0.15) is 70.4 Å². The van der Waals surface area contributed by atoms with Crippen LogP contribution in [0, 0.1) is 0 Å². The molecule has 2 rings (SSSR count). The molecule has 21 heavy (non-hydrogen) atoms. The fraction of sp³-hybridized carbons (Fsp3) is 0.526. The van der Waals surface area contributed by atoms with Gasteiger partial charge in [0.25, 0.3) is 0 Å². The molecule has 2 heteroatoms. The lowest BCUT2D eigenvalue weighted by Crippen LogP contribution is -2.06. The van der Waals surface area contributed by atoms with Gasteiger partial charge in [0.2, 0.25) is 0 Å². The summed E-state index contributed by atoms with van der Waals surface area (Å²) in [5.74, 6) is 2.14. The molecule has 1 heterocycles. The first-order valence-electron chi connectivity index (χ1n) is 8.25. The fourth-order valence-electron chi connectivity index (χ4n) is 2.58. The third kappa shape index (κ3) is 3.55. The summed E-state index contributed by atoms with van der Waals surface area (Å²) in [6.45, 7) is 12.2. The van der Waals surface area contributed by atoms with Crippen molar-refractivity contribution in [2.75, 3.05) is 11.9 Å². The monoisotopic (exact) mass is 284 g/mol. The summed E-state index contributed by atoms with van der Waals surface area (Å²) in [6.07, 6.45) is 2.29. The normalized spacial score (nSPS) is 12.9. The van der Waals surface area contributed by atoms with Gasteiger partial charge in [0.1, 0.15) is 5.82 Å². The molecule has 1 unspecified atom stereocenters. The summed E-state index contributed by atoms with van der Waals surface area (Å²) >= 11 is 0. The number of pyridine rings is 1. The van der Waals surface area contributed by atoms with Crippen molar-refractivity contribution in [2.45, 2.75) is 59.3 Å². The molecular weight excluding hydrogens is 256 g/mol. The van der Waals surface area contributed by atoms with Crippen molar-refractivity contribution in [3.05, 3.63) is 35.4 Å². The highest BCUT2D eigenvalue weighted by Crippen LogP contribution is 2.29. The van der Waals surface area contributed by atoms with Gasteiger partial charge in [-0.05, 0) is 54.0 Å². The lowest BCUT2D eigenvalue weighted by atomic mass is 9.95. The third-order valence-corrected chi connectivity index (χ3v) is 4.21. The third-order valence-electron chi connectivity index (χ3n) is 4.21. The second-order valence-electron chi connectivity index (χ2n) is 6.27. The molecule has 0 aliphatic rings. The van der Waals surface area contributed by atoms with Gasteiger partial charge >= 0.3 is 0 Å². The van der Waals surface area contributed by atoms with Gasteiger partial charge in [-0.1, -0.05) is 40.7 Å². The second kappa shape index (κ2) is 6.93. The van der Waals surface area contributed by atoms with Crippen LogP contribution in [0.15, 0.2) is 24.3 Å². The van der Waals surface area contributed by atoms with E-state index in [0.29, 0.717) is 11.8 Å². The Morgan fingerprint density at radius 3 is 2.48 bits per heavy atom. The average molecular weight is 284 g/mol. The van der Waals surface area contributed by atoms with Crippen molar-refractivity contribution in [1.29, 1.82) is 0 Å². The van der Waals surface area contributed by atoms with E-state index in [0.717, 1.165) is 24.3 Å². The molecule has 0 bridgehead atoms. The minimum atomic E-state index is 0.480. The number of hydrogen-bond acceptors (Lipinski definition) is 2. The summed E-state index contributed by atoms with van der Waals surface area (Å²) in [5.41, 5.74) is 3.82. The molecule has 0 aliphatic carbocycles. The molecular formula is C19H28N2. The van der Waals surface area contributed by atoms with Crippen molar-refractivity contribution in [3.8, 4) is 0 Å². The number of fused-ring (bicyclic) bond motifs is 1. The highest BCUT2D eigenvalue weighted by atomic mass is 15.0. The van der Waals surface area contributed by atoms with Gasteiger partial charge in [0, 0.05) is 11.9 Å². The summed E-state index contributed by atoms with van der Waals surface area (Å²) in [4.78, 5) is 4.85. The highest BCUT2D eigenvalue weighted by Gasteiger charge is 2.11. The number of nitrogens with one attached hydrogen (secondary N) is 1. The van der Waals surface area contributed by atoms with Crippen LogP contribution in [0.4, 0.5) is 5.82 Å². The zero-order valence-electron chi connectivity index (χ0n) is 14.0. The van der Waals surface area contributed by atoms with Gasteiger partial charge < -0.3 is 5.32 Å².